The Bertz CT molecular complexity index is 931. The van der Waals surface area contributed by atoms with Crippen LogP contribution in [0.1, 0.15) is 10.7 Å². The number of carbonyl (C=O) groups is 1. The summed E-state index contributed by atoms with van der Waals surface area (Å²) in [7, 11) is 2.97. The van der Waals surface area contributed by atoms with Crippen molar-refractivity contribution in [1.29, 1.82) is 0 Å². The van der Waals surface area contributed by atoms with Gasteiger partial charge in [-0.05, 0) is 31.2 Å². The maximum Gasteiger partial charge on any atom is 0.248 e. The van der Waals surface area contributed by atoms with Crippen molar-refractivity contribution in [2.24, 2.45) is 0 Å². The van der Waals surface area contributed by atoms with E-state index in [9.17, 15) is 13.2 Å². The standard InChI is InChI=1S/C17H22N4O3S2/c1-12-18-13(11-25-12)6-9-17(22)19-15-10-14(26(23,24)21(4)5)7-8-16(15)20(2)3/h6-11H,1-5H3,(H,19,22)/b9-6+. The number of benzene rings is 1. The average Bonchev–Trinajstić information content (AvgIpc) is 2.98. The van der Waals surface area contributed by atoms with Crippen LogP contribution in [0.25, 0.3) is 6.08 Å². The number of thiazole rings is 1. The molecule has 1 aromatic carbocycles. The molecule has 0 aliphatic rings. The van der Waals surface area contributed by atoms with Crippen LogP contribution >= 0.6 is 11.3 Å². The lowest BCUT2D eigenvalue weighted by Gasteiger charge is -2.19. The lowest BCUT2D eigenvalue weighted by atomic mass is 10.2. The first kappa shape index (κ1) is 20.1. The van der Waals surface area contributed by atoms with Crippen LogP contribution in [0.15, 0.2) is 34.6 Å². The molecule has 0 aliphatic carbocycles. The first-order valence-corrected chi connectivity index (χ1v) is 10.1. The van der Waals surface area contributed by atoms with E-state index in [1.54, 1.807) is 17.0 Å². The van der Waals surface area contributed by atoms with Crippen LogP contribution in [0.2, 0.25) is 0 Å². The second-order valence-electron chi connectivity index (χ2n) is 5.97. The number of aryl methyl sites for hydroxylation is 1. The van der Waals surface area contributed by atoms with Crippen LogP contribution in [0.3, 0.4) is 0 Å². The summed E-state index contributed by atoms with van der Waals surface area (Å²) in [6.45, 7) is 1.89. The van der Waals surface area contributed by atoms with Crippen molar-refractivity contribution in [3.05, 3.63) is 40.4 Å². The van der Waals surface area contributed by atoms with Crippen LogP contribution in [0.4, 0.5) is 11.4 Å². The summed E-state index contributed by atoms with van der Waals surface area (Å²) in [4.78, 5) is 18.4. The number of hydrogen-bond acceptors (Lipinski definition) is 6. The van der Waals surface area contributed by atoms with Crippen LogP contribution < -0.4 is 10.2 Å². The predicted octanol–water partition coefficient (Wildman–Crippen LogP) is 2.42. The van der Waals surface area contributed by atoms with Gasteiger partial charge in [-0.3, -0.25) is 4.79 Å². The topological polar surface area (TPSA) is 82.6 Å². The smallest absolute Gasteiger partial charge is 0.248 e. The monoisotopic (exact) mass is 394 g/mol. The SMILES string of the molecule is Cc1nc(/C=C/C(=O)Nc2cc(S(=O)(=O)N(C)C)ccc2N(C)C)cs1. The van der Waals surface area contributed by atoms with Gasteiger partial charge in [0.1, 0.15) is 0 Å². The molecule has 0 aliphatic heterocycles. The van der Waals surface area contributed by atoms with Crippen molar-refractivity contribution in [3.63, 3.8) is 0 Å². The molecule has 0 bridgehead atoms. The molecule has 2 aromatic rings. The van der Waals surface area contributed by atoms with E-state index in [1.165, 1.54) is 43.6 Å². The molecule has 140 valence electrons. The maximum absolute atomic E-state index is 12.3. The van der Waals surface area contributed by atoms with E-state index in [2.05, 4.69) is 10.3 Å². The number of nitrogens with zero attached hydrogens (tertiary/aromatic N) is 3. The second-order valence-corrected chi connectivity index (χ2v) is 9.19. The second kappa shape index (κ2) is 7.98. The molecule has 1 heterocycles. The number of rotatable bonds is 6. The van der Waals surface area contributed by atoms with Crippen molar-refractivity contribution >= 4 is 44.7 Å². The first-order valence-electron chi connectivity index (χ1n) is 7.76. The quantitative estimate of drug-likeness (QED) is 0.761. The summed E-state index contributed by atoms with van der Waals surface area (Å²) >= 11 is 1.50. The van der Waals surface area contributed by atoms with Crippen molar-refractivity contribution in [2.75, 3.05) is 38.4 Å². The predicted molar refractivity (Wildman–Crippen MR) is 106 cm³/mol. The zero-order valence-corrected chi connectivity index (χ0v) is 17.0. The minimum Gasteiger partial charge on any atom is -0.376 e. The zero-order valence-electron chi connectivity index (χ0n) is 15.3. The lowest BCUT2D eigenvalue weighted by molar-refractivity contribution is -0.111. The van der Waals surface area contributed by atoms with Crippen molar-refractivity contribution in [2.45, 2.75) is 11.8 Å². The zero-order chi connectivity index (χ0) is 19.5. The molecular formula is C17H22N4O3S2. The van der Waals surface area contributed by atoms with Gasteiger partial charge >= 0.3 is 0 Å². The number of carbonyl (C=O) groups excluding carboxylic acids is 1. The Morgan fingerprint density at radius 3 is 2.46 bits per heavy atom. The van der Waals surface area contributed by atoms with Gasteiger partial charge in [0.05, 0.1) is 27.0 Å². The maximum atomic E-state index is 12.3. The third-order valence-electron chi connectivity index (χ3n) is 3.53. The summed E-state index contributed by atoms with van der Waals surface area (Å²) in [5.74, 6) is -0.363. The summed E-state index contributed by atoms with van der Waals surface area (Å²) in [6.07, 6.45) is 3.00. The molecule has 1 aromatic heterocycles. The lowest BCUT2D eigenvalue weighted by Crippen LogP contribution is -2.23. The third kappa shape index (κ3) is 4.69. The van der Waals surface area contributed by atoms with Crippen molar-refractivity contribution in [1.82, 2.24) is 9.29 Å². The minimum atomic E-state index is -3.59. The number of nitrogens with one attached hydrogen (secondary N) is 1. The van der Waals surface area contributed by atoms with Crippen LogP contribution in [0.5, 0.6) is 0 Å². The first-order chi connectivity index (χ1) is 12.1. The van der Waals surface area contributed by atoms with Crippen LogP contribution in [-0.4, -0.2) is 51.8 Å². The molecular weight excluding hydrogens is 372 g/mol. The highest BCUT2D eigenvalue weighted by Crippen LogP contribution is 2.28. The summed E-state index contributed by atoms with van der Waals surface area (Å²) in [6, 6.07) is 4.65. The highest BCUT2D eigenvalue weighted by molar-refractivity contribution is 7.89. The van der Waals surface area contributed by atoms with E-state index in [0.717, 1.165) is 9.31 Å². The molecule has 2 rings (SSSR count). The molecule has 0 fully saturated rings. The molecule has 0 unspecified atom stereocenters. The van der Waals surface area contributed by atoms with E-state index in [4.69, 9.17) is 0 Å². The number of sulfonamides is 1. The number of aromatic nitrogens is 1. The van der Waals surface area contributed by atoms with Crippen molar-refractivity contribution in [3.8, 4) is 0 Å². The Kier molecular flexibility index (Phi) is 6.17. The van der Waals surface area contributed by atoms with Gasteiger partial charge in [0.2, 0.25) is 15.9 Å². The third-order valence-corrected chi connectivity index (χ3v) is 6.13. The minimum absolute atomic E-state index is 0.113. The molecule has 0 spiro atoms. The molecule has 7 nitrogen and oxygen atoms in total. The normalized spacial score (nSPS) is 11.9. The van der Waals surface area contributed by atoms with E-state index < -0.39 is 10.0 Å². The molecule has 9 heteroatoms. The summed E-state index contributed by atoms with van der Waals surface area (Å²) in [5, 5.41) is 5.52. The Hall–Kier alpha value is -2.23. The summed E-state index contributed by atoms with van der Waals surface area (Å²) < 4.78 is 25.8. The van der Waals surface area contributed by atoms with E-state index >= 15 is 0 Å². The largest absolute Gasteiger partial charge is 0.376 e. The van der Waals surface area contributed by atoms with Gasteiger partial charge in [-0.2, -0.15) is 0 Å². The molecule has 0 saturated heterocycles. The number of anilines is 2. The van der Waals surface area contributed by atoms with E-state index in [1.807, 2.05) is 26.4 Å². The van der Waals surface area contributed by atoms with Crippen LogP contribution in [-0.2, 0) is 14.8 Å². The molecule has 0 radical (unpaired) electrons. The highest BCUT2D eigenvalue weighted by atomic mass is 32.2. The number of amides is 1. The van der Waals surface area contributed by atoms with E-state index in [0.29, 0.717) is 17.1 Å². The summed E-state index contributed by atoms with van der Waals surface area (Å²) in [5.41, 5.74) is 1.83. The Morgan fingerprint density at radius 2 is 1.92 bits per heavy atom. The fourth-order valence-electron chi connectivity index (χ4n) is 2.17. The van der Waals surface area contributed by atoms with Gasteiger partial charge in [-0.25, -0.2) is 17.7 Å². The Morgan fingerprint density at radius 1 is 1.23 bits per heavy atom. The van der Waals surface area contributed by atoms with Gasteiger partial charge in [0, 0.05) is 39.6 Å². The molecule has 1 amide bonds. The average molecular weight is 395 g/mol. The van der Waals surface area contributed by atoms with E-state index in [-0.39, 0.29) is 10.8 Å². The van der Waals surface area contributed by atoms with Gasteiger partial charge in [-0.15, -0.1) is 11.3 Å². The van der Waals surface area contributed by atoms with Gasteiger partial charge in [0.15, 0.2) is 0 Å². The molecule has 1 N–H and O–H groups in total. The van der Waals surface area contributed by atoms with Gasteiger partial charge < -0.3 is 10.2 Å². The van der Waals surface area contributed by atoms with Crippen LogP contribution in [0, 0.1) is 6.92 Å². The van der Waals surface area contributed by atoms with Gasteiger partial charge in [0.25, 0.3) is 0 Å². The highest BCUT2D eigenvalue weighted by Gasteiger charge is 2.19. The Labute approximate surface area is 158 Å². The number of hydrogen-bond donors (Lipinski definition) is 1. The molecule has 0 atom stereocenters. The molecule has 26 heavy (non-hydrogen) atoms. The fraction of sp³-hybridized carbons (Fsp3) is 0.294. The fourth-order valence-corrected chi connectivity index (χ4v) is 3.68. The Balaban J connectivity index is 2.31. The van der Waals surface area contributed by atoms with Crippen molar-refractivity contribution < 1.29 is 13.2 Å². The van der Waals surface area contributed by atoms with Gasteiger partial charge in [-0.1, -0.05) is 0 Å². The molecule has 0 saturated carbocycles.